The summed E-state index contributed by atoms with van der Waals surface area (Å²) in [5.41, 5.74) is 0.656. The van der Waals surface area contributed by atoms with Crippen molar-refractivity contribution in [3.05, 3.63) is 47.3 Å². The topological polar surface area (TPSA) is 51.0 Å². The van der Waals surface area contributed by atoms with Crippen LogP contribution in [0.4, 0.5) is 0 Å². The zero-order chi connectivity index (χ0) is 14.5. The number of carbonyl (C=O) groups excluding carboxylic acids is 2. The maximum absolute atomic E-state index is 12.5. The van der Waals surface area contributed by atoms with Gasteiger partial charge in [0.15, 0.2) is 0 Å². The normalized spacial score (nSPS) is 19.2. The van der Waals surface area contributed by atoms with Crippen LogP contribution in [0.25, 0.3) is 4.85 Å². The highest BCUT2D eigenvalue weighted by Gasteiger charge is 2.40. The minimum absolute atomic E-state index is 0.320. The first kappa shape index (κ1) is 14.1. The van der Waals surface area contributed by atoms with Gasteiger partial charge in [-0.3, -0.25) is 9.64 Å². The van der Waals surface area contributed by atoms with Gasteiger partial charge in [-0.25, -0.2) is 11.4 Å². The Labute approximate surface area is 118 Å². The second-order valence-electron chi connectivity index (χ2n) is 4.66. The number of methoxy groups -OCH3 is 1. The van der Waals surface area contributed by atoms with E-state index in [1.807, 2.05) is 6.07 Å². The van der Waals surface area contributed by atoms with E-state index in [4.69, 9.17) is 11.3 Å². The molecule has 0 aliphatic carbocycles. The molecule has 5 nitrogen and oxygen atoms in total. The molecule has 20 heavy (non-hydrogen) atoms. The van der Waals surface area contributed by atoms with Gasteiger partial charge >= 0.3 is 17.9 Å². The van der Waals surface area contributed by atoms with Gasteiger partial charge in [-0.15, -0.1) is 0 Å². The van der Waals surface area contributed by atoms with Crippen molar-refractivity contribution in [2.45, 2.75) is 24.9 Å². The van der Waals surface area contributed by atoms with Crippen LogP contribution in [0, 0.1) is 6.57 Å². The molecule has 1 amide bonds. The minimum Gasteiger partial charge on any atom is -0.467 e. The van der Waals surface area contributed by atoms with Crippen molar-refractivity contribution in [3.8, 4) is 0 Å². The Bertz CT molecular complexity index is 536. The van der Waals surface area contributed by atoms with E-state index in [1.54, 1.807) is 24.3 Å². The highest BCUT2D eigenvalue weighted by Crippen LogP contribution is 2.26. The van der Waals surface area contributed by atoms with E-state index in [0.29, 0.717) is 18.5 Å². The van der Waals surface area contributed by atoms with Crippen LogP contribution in [0.5, 0.6) is 0 Å². The Morgan fingerprint density at radius 2 is 2.10 bits per heavy atom. The zero-order valence-electron chi connectivity index (χ0n) is 11.3. The van der Waals surface area contributed by atoms with Crippen LogP contribution in [-0.4, -0.2) is 36.5 Å². The van der Waals surface area contributed by atoms with Crippen molar-refractivity contribution in [2.24, 2.45) is 0 Å². The van der Waals surface area contributed by atoms with Gasteiger partial charge in [0.25, 0.3) is 0 Å². The summed E-state index contributed by atoms with van der Waals surface area (Å²) in [6.45, 7) is 7.77. The Morgan fingerprint density at radius 3 is 2.70 bits per heavy atom. The zero-order valence-corrected chi connectivity index (χ0v) is 11.3. The van der Waals surface area contributed by atoms with Gasteiger partial charge < -0.3 is 9.64 Å². The molecule has 0 N–H and O–H groups in total. The van der Waals surface area contributed by atoms with Crippen LogP contribution in [0.3, 0.4) is 0 Å². The first-order valence-electron chi connectivity index (χ1n) is 6.49. The SMILES string of the molecule is [C-]#[N+][C@H](C(=O)N1CCC[C@H]1C(=O)OC)c1ccccc1. The van der Waals surface area contributed by atoms with Crippen LogP contribution in [0.1, 0.15) is 24.4 Å². The third-order valence-electron chi connectivity index (χ3n) is 3.49. The number of amides is 1. The lowest BCUT2D eigenvalue weighted by Crippen LogP contribution is -2.42. The molecule has 0 aromatic heterocycles. The molecular weight excluding hydrogens is 256 g/mol. The van der Waals surface area contributed by atoms with Gasteiger partial charge in [0.1, 0.15) is 6.04 Å². The van der Waals surface area contributed by atoms with E-state index < -0.39 is 18.1 Å². The summed E-state index contributed by atoms with van der Waals surface area (Å²) in [6.07, 6.45) is 1.35. The predicted molar refractivity (Wildman–Crippen MR) is 72.5 cm³/mol. The van der Waals surface area contributed by atoms with Crippen molar-refractivity contribution in [1.82, 2.24) is 4.90 Å². The fourth-order valence-corrected chi connectivity index (χ4v) is 2.48. The molecule has 0 unspecified atom stereocenters. The smallest absolute Gasteiger partial charge is 0.328 e. The largest absolute Gasteiger partial charge is 0.467 e. The molecule has 0 bridgehead atoms. The molecule has 1 aromatic carbocycles. The number of ether oxygens (including phenoxy) is 1. The lowest BCUT2D eigenvalue weighted by molar-refractivity contribution is -0.151. The summed E-state index contributed by atoms with van der Waals surface area (Å²) in [6, 6.07) is 7.49. The number of hydrogen-bond acceptors (Lipinski definition) is 3. The molecule has 1 saturated heterocycles. The van der Waals surface area contributed by atoms with Gasteiger partial charge in [-0.1, -0.05) is 30.3 Å². The number of esters is 1. The molecule has 0 radical (unpaired) electrons. The summed E-state index contributed by atoms with van der Waals surface area (Å²) < 4.78 is 4.72. The third kappa shape index (κ3) is 2.64. The van der Waals surface area contributed by atoms with Gasteiger partial charge in [0.05, 0.1) is 7.11 Å². The quantitative estimate of drug-likeness (QED) is 0.623. The van der Waals surface area contributed by atoms with Crippen molar-refractivity contribution in [1.29, 1.82) is 0 Å². The van der Waals surface area contributed by atoms with E-state index in [2.05, 4.69) is 4.85 Å². The van der Waals surface area contributed by atoms with Crippen molar-refractivity contribution in [3.63, 3.8) is 0 Å². The van der Waals surface area contributed by atoms with E-state index >= 15 is 0 Å². The van der Waals surface area contributed by atoms with Crippen LogP contribution in [0.15, 0.2) is 30.3 Å². The van der Waals surface area contributed by atoms with Crippen molar-refractivity contribution in [2.75, 3.05) is 13.7 Å². The van der Waals surface area contributed by atoms with Crippen LogP contribution in [0.2, 0.25) is 0 Å². The molecule has 1 aromatic rings. The van der Waals surface area contributed by atoms with E-state index in [9.17, 15) is 9.59 Å². The van der Waals surface area contributed by atoms with Crippen LogP contribution in [-0.2, 0) is 14.3 Å². The molecule has 1 fully saturated rings. The Morgan fingerprint density at radius 1 is 1.40 bits per heavy atom. The monoisotopic (exact) mass is 272 g/mol. The number of nitrogens with zero attached hydrogens (tertiary/aromatic N) is 2. The van der Waals surface area contributed by atoms with E-state index in [-0.39, 0.29) is 5.91 Å². The van der Waals surface area contributed by atoms with Crippen LogP contribution >= 0.6 is 0 Å². The molecule has 1 aliphatic rings. The maximum atomic E-state index is 12.5. The molecule has 0 saturated carbocycles. The van der Waals surface area contributed by atoms with Gasteiger partial charge in [0, 0.05) is 12.1 Å². The second-order valence-corrected chi connectivity index (χ2v) is 4.66. The average Bonchev–Trinajstić information content (AvgIpc) is 2.97. The van der Waals surface area contributed by atoms with Crippen molar-refractivity contribution < 1.29 is 14.3 Å². The fraction of sp³-hybridized carbons (Fsp3) is 0.400. The van der Waals surface area contributed by atoms with E-state index in [0.717, 1.165) is 6.42 Å². The first-order valence-corrected chi connectivity index (χ1v) is 6.49. The Hall–Kier alpha value is -2.35. The number of hydrogen-bond donors (Lipinski definition) is 0. The lowest BCUT2D eigenvalue weighted by atomic mass is 10.1. The minimum atomic E-state index is -0.888. The molecule has 2 atom stereocenters. The summed E-state index contributed by atoms with van der Waals surface area (Å²) in [7, 11) is 1.31. The van der Waals surface area contributed by atoms with Crippen LogP contribution < -0.4 is 0 Å². The standard InChI is InChI=1S/C15H16N2O3/c1-16-13(11-7-4-3-5-8-11)14(18)17-10-6-9-12(17)15(19)20-2/h3-5,7-8,12-13H,6,9-10H2,2H3/t12-,13-/m0/s1. The summed E-state index contributed by atoms with van der Waals surface area (Å²) >= 11 is 0. The van der Waals surface area contributed by atoms with E-state index in [1.165, 1.54) is 12.0 Å². The highest BCUT2D eigenvalue weighted by molar-refractivity contribution is 5.90. The summed E-state index contributed by atoms with van der Waals surface area (Å²) in [5.74, 6) is -0.730. The maximum Gasteiger partial charge on any atom is 0.328 e. The van der Waals surface area contributed by atoms with Gasteiger partial charge in [-0.05, 0) is 12.8 Å². The number of carbonyl (C=O) groups is 2. The third-order valence-corrected chi connectivity index (χ3v) is 3.49. The summed E-state index contributed by atoms with van der Waals surface area (Å²) in [5, 5.41) is 0. The molecule has 2 rings (SSSR count). The first-order chi connectivity index (χ1) is 9.69. The molecule has 1 heterocycles. The van der Waals surface area contributed by atoms with Gasteiger partial charge in [0.2, 0.25) is 0 Å². The number of benzene rings is 1. The van der Waals surface area contributed by atoms with Crippen molar-refractivity contribution >= 4 is 11.9 Å². The number of likely N-dealkylation sites (tertiary alicyclic amines) is 1. The molecule has 0 spiro atoms. The summed E-state index contributed by atoms with van der Waals surface area (Å²) in [4.78, 5) is 29.1. The molecule has 1 aliphatic heterocycles. The Balaban J connectivity index is 2.21. The molecular formula is C15H16N2O3. The molecule has 104 valence electrons. The second kappa shape index (κ2) is 6.20. The highest BCUT2D eigenvalue weighted by atomic mass is 16.5. The molecule has 5 heteroatoms. The van der Waals surface area contributed by atoms with Gasteiger partial charge in [-0.2, -0.15) is 0 Å². The lowest BCUT2D eigenvalue weighted by Gasteiger charge is -2.22. The predicted octanol–water partition coefficient (Wildman–Crippen LogP) is 1.81. The number of rotatable bonds is 3. The Kier molecular flexibility index (Phi) is 4.36. The average molecular weight is 272 g/mol. The fourth-order valence-electron chi connectivity index (χ4n) is 2.48.